The van der Waals surface area contributed by atoms with Gasteiger partial charge in [-0.25, -0.2) is 4.79 Å². The fraction of sp³-hybridized carbons (Fsp3) is 0.412. The van der Waals surface area contributed by atoms with Gasteiger partial charge in [0.15, 0.2) is 0 Å². The maximum Gasteiger partial charge on any atom is 0.408 e. The van der Waals surface area contributed by atoms with Crippen molar-refractivity contribution in [2.45, 2.75) is 77.2 Å². The molecule has 47 heavy (non-hydrogen) atoms. The van der Waals surface area contributed by atoms with Crippen LogP contribution in [0.4, 0.5) is 4.79 Å². The Morgan fingerprint density at radius 1 is 0.787 bits per heavy atom. The largest absolute Gasteiger partial charge is 0.481 e. The minimum absolute atomic E-state index is 0.112. The van der Waals surface area contributed by atoms with Gasteiger partial charge in [0.1, 0.15) is 24.7 Å². The second-order valence-electron chi connectivity index (χ2n) is 11.7. The lowest BCUT2D eigenvalue weighted by Gasteiger charge is -2.30. The van der Waals surface area contributed by atoms with Crippen molar-refractivity contribution in [1.82, 2.24) is 21.3 Å². The van der Waals surface area contributed by atoms with Gasteiger partial charge in [-0.1, -0.05) is 80.6 Å². The van der Waals surface area contributed by atoms with E-state index >= 15 is 0 Å². The van der Waals surface area contributed by atoms with Crippen LogP contribution in [0.15, 0.2) is 66.7 Å². The molecule has 0 fully saturated rings. The number of ether oxygens (including phenoxy) is 1. The molecule has 13 nitrogen and oxygen atoms in total. The number of amides is 4. The molecule has 0 saturated heterocycles. The number of nitrogens with one attached hydrogen (secondary N) is 4. The molecule has 0 bridgehead atoms. The van der Waals surface area contributed by atoms with Crippen molar-refractivity contribution in [1.29, 1.82) is 0 Å². The minimum atomic E-state index is -1.57. The van der Waals surface area contributed by atoms with Gasteiger partial charge in [-0.15, -0.1) is 0 Å². The van der Waals surface area contributed by atoms with E-state index in [1.54, 1.807) is 57.2 Å². The highest BCUT2D eigenvalue weighted by molar-refractivity contribution is 5.95. The number of carbonyl (C=O) groups is 6. The van der Waals surface area contributed by atoms with E-state index in [1.807, 2.05) is 24.3 Å². The van der Waals surface area contributed by atoms with Crippen LogP contribution >= 0.6 is 0 Å². The molecule has 0 saturated carbocycles. The third-order valence-electron chi connectivity index (χ3n) is 7.73. The van der Waals surface area contributed by atoms with Gasteiger partial charge in [-0.2, -0.15) is 0 Å². The number of aliphatic carboxylic acids is 2. The molecule has 6 N–H and O–H groups in total. The summed E-state index contributed by atoms with van der Waals surface area (Å²) in [6.45, 7) is 4.99. The van der Waals surface area contributed by atoms with Gasteiger partial charge in [0.2, 0.25) is 17.7 Å². The average Bonchev–Trinajstić information content (AvgIpc) is 3.45. The van der Waals surface area contributed by atoms with Crippen molar-refractivity contribution in [3.8, 4) is 0 Å². The van der Waals surface area contributed by atoms with Crippen molar-refractivity contribution >= 4 is 35.8 Å². The van der Waals surface area contributed by atoms with Gasteiger partial charge in [-0.3, -0.25) is 24.0 Å². The summed E-state index contributed by atoms with van der Waals surface area (Å²) in [6, 6.07) is 11.6. The van der Waals surface area contributed by atoms with Gasteiger partial charge in [0.05, 0.1) is 18.9 Å². The minimum Gasteiger partial charge on any atom is -0.481 e. The van der Waals surface area contributed by atoms with E-state index in [2.05, 4.69) is 21.3 Å². The van der Waals surface area contributed by atoms with Gasteiger partial charge in [0, 0.05) is 0 Å². The predicted molar refractivity (Wildman–Crippen MR) is 171 cm³/mol. The molecule has 1 aliphatic rings. The van der Waals surface area contributed by atoms with Crippen LogP contribution in [0.1, 0.15) is 50.3 Å². The summed E-state index contributed by atoms with van der Waals surface area (Å²) in [7, 11) is 0. The van der Waals surface area contributed by atoms with Crippen LogP contribution in [0.3, 0.4) is 0 Å². The van der Waals surface area contributed by atoms with Crippen LogP contribution in [0.5, 0.6) is 0 Å². The van der Waals surface area contributed by atoms with Crippen LogP contribution in [0.25, 0.3) is 0 Å². The van der Waals surface area contributed by atoms with Gasteiger partial charge < -0.3 is 36.2 Å². The van der Waals surface area contributed by atoms with Crippen LogP contribution in [-0.4, -0.2) is 70.1 Å². The molecule has 1 aliphatic carbocycles. The van der Waals surface area contributed by atoms with Gasteiger partial charge in [0.25, 0.3) is 0 Å². The second-order valence-corrected chi connectivity index (χ2v) is 11.7. The van der Waals surface area contributed by atoms with E-state index in [0.717, 1.165) is 11.1 Å². The highest BCUT2D eigenvalue weighted by Gasteiger charge is 2.38. The molecule has 3 rings (SSSR count). The molecule has 0 spiro atoms. The Kier molecular flexibility index (Phi) is 13.5. The molecule has 252 valence electrons. The van der Waals surface area contributed by atoms with E-state index in [0.29, 0.717) is 18.4 Å². The smallest absolute Gasteiger partial charge is 0.408 e. The Hall–Kier alpha value is -5.20. The monoisotopic (exact) mass is 650 g/mol. The van der Waals surface area contributed by atoms with E-state index in [1.165, 1.54) is 6.08 Å². The predicted octanol–water partition coefficient (Wildman–Crippen LogP) is 2.33. The van der Waals surface area contributed by atoms with Crippen molar-refractivity contribution in [3.05, 3.63) is 83.4 Å². The molecular weight excluding hydrogens is 608 g/mol. The lowest BCUT2D eigenvalue weighted by atomic mass is 9.93. The normalized spacial score (nSPS) is 15.1. The lowest BCUT2D eigenvalue weighted by molar-refractivity contribution is -0.140. The summed E-state index contributed by atoms with van der Waals surface area (Å²) in [5.41, 5.74) is 2.65. The number of carboxylic acid groups (broad SMARTS) is 2. The number of rotatable bonds is 16. The average molecular weight is 651 g/mol. The standard InChI is InChI=1S/C34H42N4O9/c1-4-10-25(17-27(39)40)35-32(44)29(20(2)3)37-33(45)30(24-15-22-13-8-9-14-23(22)16-24)38-31(43)26(18-28(41)42)36-34(46)47-19-21-11-6-5-7-12-21/h4-14,20,24-26,29-30H,15-19H2,1-3H3,(H,35,44)(H,36,46)(H,37,45)(H,38,43)(H,39,40)(H,41,42)/b10-4+/t25-,26+,29+,30+/m1/s1. The maximum atomic E-state index is 13.9. The van der Waals surface area contributed by atoms with Crippen LogP contribution in [0, 0.1) is 11.8 Å². The zero-order chi connectivity index (χ0) is 34.5. The summed E-state index contributed by atoms with van der Waals surface area (Å²) in [5, 5.41) is 29.0. The van der Waals surface area contributed by atoms with E-state index in [9.17, 15) is 39.0 Å². The van der Waals surface area contributed by atoms with Crippen LogP contribution in [-0.2, 0) is 48.2 Å². The Balaban J connectivity index is 1.81. The van der Waals surface area contributed by atoms with E-state index < -0.39 is 78.2 Å². The number of allylic oxidation sites excluding steroid dienone is 1. The fourth-order valence-electron chi connectivity index (χ4n) is 5.41. The number of alkyl carbamates (subject to hydrolysis) is 1. The first-order chi connectivity index (χ1) is 22.4. The Morgan fingerprint density at radius 3 is 1.94 bits per heavy atom. The zero-order valence-electron chi connectivity index (χ0n) is 26.6. The molecule has 0 unspecified atom stereocenters. The molecule has 0 heterocycles. The molecule has 0 aromatic heterocycles. The van der Waals surface area contributed by atoms with Crippen molar-refractivity contribution in [2.24, 2.45) is 11.8 Å². The molecule has 0 radical (unpaired) electrons. The summed E-state index contributed by atoms with van der Waals surface area (Å²) in [6.07, 6.45) is 1.83. The third kappa shape index (κ3) is 11.3. The first-order valence-electron chi connectivity index (χ1n) is 15.4. The van der Waals surface area contributed by atoms with Crippen molar-refractivity contribution in [3.63, 3.8) is 0 Å². The topological polar surface area (TPSA) is 200 Å². The van der Waals surface area contributed by atoms with Crippen LogP contribution in [0.2, 0.25) is 0 Å². The quantitative estimate of drug-likeness (QED) is 0.148. The SMILES string of the molecule is C/C=C/[C@H](CC(=O)O)NC(=O)[C@@H](NC(=O)[C@@H](NC(=O)[C@H](CC(=O)O)NC(=O)OCc1ccccc1)C1Cc2ccccc2C1)C(C)C. The first-order valence-corrected chi connectivity index (χ1v) is 15.4. The van der Waals surface area contributed by atoms with E-state index in [-0.39, 0.29) is 13.0 Å². The summed E-state index contributed by atoms with van der Waals surface area (Å²) in [4.78, 5) is 76.3. The molecule has 2 aromatic carbocycles. The fourth-order valence-corrected chi connectivity index (χ4v) is 5.41. The number of carbonyl (C=O) groups excluding carboxylic acids is 4. The summed E-state index contributed by atoms with van der Waals surface area (Å²) in [5.74, 6) is -5.57. The van der Waals surface area contributed by atoms with E-state index in [4.69, 9.17) is 4.74 Å². The second kappa shape index (κ2) is 17.5. The highest BCUT2D eigenvalue weighted by atomic mass is 16.5. The van der Waals surface area contributed by atoms with Crippen molar-refractivity contribution < 1.29 is 43.7 Å². The number of fused-ring (bicyclic) bond motifs is 1. The Labute approximate surface area is 273 Å². The molecule has 4 atom stereocenters. The van der Waals surface area contributed by atoms with Crippen LogP contribution < -0.4 is 21.3 Å². The first kappa shape index (κ1) is 36.3. The Morgan fingerprint density at radius 2 is 1.38 bits per heavy atom. The molecule has 13 heteroatoms. The number of carboxylic acids is 2. The maximum absolute atomic E-state index is 13.9. The summed E-state index contributed by atoms with van der Waals surface area (Å²) >= 11 is 0. The number of benzene rings is 2. The number of hydrogen-bond acceptors (Lipinski definition) is 7. The van der Waals surface area contributed by atoms with Gasteiger partial charge >= 0.3 is 18.0 Å². The lowest BCUT2D eigenvalue weighted by Crippen LogP contribution is -2.60. The zero-order valence-corrected chi connectivity index (χ0v) is 26.6. The molecular formula is C34H42N4O9. The van der Waals surface area contributed by atoms with Crippen molar-refractivity contribution in [2.75, 3.05) is 0 Å². The molecule has 2 aromatic rings. The third-order valence-corrected chi connectivity index (χ3v) is 7.73. The molecule has 4 amide bonds. The number of hydrogen-bond donors (Lipinski definition) is 6. The molecule has 0 aliphatic heterocycles. The summed E-state index contributed by atoms with van der Waals surface area (Å²) < 4.78 is 5.17. The van der Waals surface area contributed by atoms with Gasteiger partial charge in [-0.05, 0) is 48.3 Å². The Bertz CT molecular complexity index is 1440. The highest BCUT2D eigenvalue weighted by Crippen LogP contribution is 2.29.